The normalized spacial score (nSPS) is 22.2. The zero-order chi connectivity index (χ0) is 44.9. The number of amides is 6. The number of carbonyl (C=O) groups excluding carboxylic acids is 6. The molecule has 3 aromatic rings. The van der Waals surface area contributed by atoms with Gasteiger partial charge in [0.25, 0.3) is 23.6 Å². The maximum Gasteiger partial charge on any atom is 0.342 e. The van der Waals surface area contributed by atoms with E-state index < -0.39 is 48.0 Å². The van der Waals surface area contributed by atoms with E-state index in [2.05, 4.69) is 30.4 Å². The summed E-state index contributed by atoms with van der Waals surface area (Å²) in [5.74, 6) is -5.79. The Labute approximate surface area is 369 Å². The van der Waals surface area contributed by atoms with Crippen molar-refractivity contribution in [2.75, 3.05) is 86.5 Å². The number of nitrogens with zero attached hydrogens (tertiary/aromatic N) is 8. The number of alkyl halides is 2. The molecule has 64 heavy (non-hydrogen) atoms. The number of halogens is 2. The molecule has 9 rings (SSSR count). The summed E-state index contributed by atoms with van der Waals surface area (Å²) in [6, 6.07) is 9.14. The number of piperidine rings is 2. The van der Waals surface area contributed by atoms with Crippen LogP contribution in [0.2, 0.25) is 0 Å². The molecular formula is C45H52F2N10O7. The predicted molar refractivity (Wildman–Crippen MR) is 231 cm³/mol. The van der Waals surface area contributed by atoms with Gasteiger partial charge in [0.2, 0.25) is 17.8 Å². The van der Waals surface area contributed by atoms with Gasteiger partial charge in [-0.15, -0.1) is 0 Å². The third-order valence-electron chi connectivity index (χ3n) is 13.7. The van der Waals surface area contributed by atoms with E-state index in [0.29, 0.717) is 60.3 Å². The second-order valence-corrected chi connectivity index (χ2v) is 17.6. The lowest BCUT2D eigenvalue weighted by Gasteiger charge is -2.38. The van der Waals surface area contributed by atoms with E-state index in [1.807, 2.05) is 11.0 Å². The van der Waals surface area contributed by atoms with Gasteiger partial charge in [-0.05, 0) is 81.3 Å². The molecule has 2 N–H and O–H groups in total. The summed E-state index contributed by atoms with van der Waals surface area (Å²) >= 11 is 0. The van der Waals surface area contributed by atoms with E-state index in [1.165, 1.54) is 20.4 Å². The molecule has 338 valence electrons. The lowest BCUT2D eigenvalue weighted by atomic mass is 9.93. The van der Waals surface area contributed by atoms with Gasteiger partial charge in [0, 0.05) is 64.3 Å². The van der Waals surface area contributed by atoms with Crippen molar-refractivity contribution in [2.24, 2.45) is 5.92 Å². The molecule has 6 amide bonds. The van der Waals surface area contributed by atoms with Crippen LogP contribution in [0.15, 0.2) is 42.6 Å². The molecule has 0 radical (unpaired) electrons. The van der Waals surface area contributed by atoms with Crippen molar-refractivity contribution in [1.82, 2.24) is 30.0 Å². The number of rotatable bonds is 10. The molecule has 19 heteroatoms. The number of likely N-dealkylation sites (tertiary alicyclic amines) is 1. The van der Waals surface area contributed by atoms with E-state index in [9.17, 15) is 28.8 Å². The Balaban J connectivity index is 0.771. The number of benzene rings is 2. The number of hydrogen-bond donors (Lipinski definition) is 2. The first-order valence-electron chi connectivity index (χ1n) is 22.2. The quantitative estimate of drug-likeness (QED) is 0.279. The number of carbonyl (C=O) groups is 6. The van der Waals surface area contributed by atoms with Gasteiger partial charge in [-0.1, -0.05) is 18.9 Å². The first-order chi connectivity index (χ1) is 30.8. The number of ether oxygens (including phenoxy) is 1. The summed E-state index contributed by atoms with van der Waals surface area (Å²) in [4.78, 5) is 96.6. The third-order valence-corrected chi connectivity index (χ3v) is 13.7. The number of nitrogens with one attached hydrogen (secondary N) is 2. The zero-order valence-electron chi connectivity index (χ0n) is 36.0. The first kappa shape index (κ1) is 43.0. The Kier molecular flexibility index (Phi) is 11.7. The molecule has 1 atom stereocenters. The van der Waals surface area contributed by atoms with Crippen LogP contribution < -0.4 is 30.1 Å². The van der Waals surface area contributed by atoms with Gasteiger partial charge < -0.3 is 29.7 Å². The smallest absolute Gasteiger partial charge is 0.342 e. The van der Waals surface area contributed by atoms with Crippen LogP contribution in [-0.4, -0.2) is 145 Å². The summed E-state index contributed by atoms with van der Waals surface area (Å²) in [7, 11) is 2.81. The summed E-state index contributed by atoms with van der Waals surface area (Å²) < 4.78 is 35.8. The molecule has 1 unspecified atom stereocenters. The van der Waals surface area contributed by atoms with E-state index in [4.69, 9.17) is 4.74 Å². The highest BCUT2D eigenvalue weighted by molar-refractivity contribution is 6.25. The number of aromatic nitrogens is 2. The minimum atomic E-state index is -3.58. The van der Waals surface area contributed by atoms with Crippen LogP contribution in [-0.2, 0) is 14.4 Å². The van der Waals surface area contributed by atoms with Crippen LogP contribution in [0.1, 0.15) is 88.9 Å². The monoisotopic (exact) mass is 882 g/mol. The molecule has 1 aromatic heterocycles. The standard InChI is InChI=1S/C45H52F2N10O7/c1-52-34-25-48-44(51-38(34)56(29-6-3-4-7-29)26-45(46,47)43(52)63)49-31-11-10-28(24-35(31)64-2)40(60)55-18-15-27(16-19-55)14-17-53-20-22-54(23-21-53)32-9-5-8-30-37(32)42(62)57(41(30)61)33-12-13-36(58)50-39(33)59/h5,8-11,24-25,27,29,33H,3-4,6-7,12-23,26H2,1-2H3,(H,48,49,51)(H,50,58,59). The fourth-order valence-corrected chi connectivity index (χ4v) is 10.1. The molecule has 2 aromatic carbocycles. The van der Waals surface area contributed by atoms with Gasteiger partial charge in [-0.25, -0.2) is 4.98 Å². The minimum Gasteiger partial charge on any atom is -0.495 e. The largest absolute Gasteiger partial charge is 0.495 e. The Morgan fingerprint density at radius 3 is 2.39 bits per heavy atom. The molecule has 4 fully saturated rings. The van der Waals surface area contributed by atoms with Crippen molar-refractivity contribution in [3.8, 4) is 5.75 Å². The Morgan fingerprint density at radius 2 is 1.67 bits per heavy atom. The van der Waals surface area contributed by atoms with Gasteiger partial charge in [-0.3, -0.25) is 43.9 Å². The fourth-order valence-electron chi connectivity index (χ4n) is 10.1. The molecule has 6 heterocycles. The van der Waals surface area contributed by atoms with Crippen LogP contribution >= 0.6 is 0 Å². The molecule has 1 aliphatic carbocycles. The van der Waals surface area contributed by atoms with Crippen LogP contribution in [0.5, 0.6) is 5.75 Å². The number of piperazine rings is 1. The maximum atomic E-state index is 15.1. The van der Waals surface area contributed by atoms with Gasteiger partial charge in [0.15, 0.2) is 5.82 Å². The second-order valence-electron chi connectivity index (χ2n) is 17.6. The number of anilines is 5. The van der Waals surface area contributed by atoms with Crippen molar-refractivity contribution < 1.29 is 42.3 Å². The highest BCUT2D eigenvalue weighted by atomic mass is 19.3. The SMILES string of the molecule is COc1cc(C(=O)N2CCC(CCN3CCN(c4cccc5c4C(=O)N(C4CCC(=O)NC4=O)C5=O)CC3)CC2)ccc1Nc1ncc2c(n1)N(C1CCCC1)CC(F)(F)C(=O)N2C. The average molecular weight is 883 g/mol. The van der Waals surface area contributed by atoms with Crippen molar-refractivity contribution in [1.29, 1.82) is 0 Å². The molecular weight excluding hydrogens is 831 g/mol. The molecule has 0 spiro atoms. The van der Waals surface area contributed by atoms with Crippen LogP contribution in [0.3, 0.4) is 0 Å². The van der Waals surface area contributed by atoms with Crippen molar-refractivity contribution in [3.63, 3.8) is 0 Å². The lowest BCUT2D eigenvalue weighted by molar-refractivity contribution is -0.140. The number of methoxy groups -OCH3 is 1. The van der Waals surface area contributed by atoms with E-state index >= 15 is 8.78 Å². The molecule has 1 saturated carbocycles. The summed E-state index contributed by atoms with van der Waals surface area (Å²) in [5.41, 5.74) is 2.44. The van der Waals surface area contributed by atoms with Gasteiger partial charge in [0.05, 0.1) is 42.4 Å². The predicted octanol–water partition coefficient (Wildman–Crippen LogP) is 4.06. The maximum absolute atomic E-state index is 15.1. The van der Waals surface area contributed by atoms with E-state index in [-0.39, 0.29) is 47.8 Å². The second kappa shape index (κ2) is 17.4. The molecule has 0 bridgehead atoms. The van der Waals surface area contributed by atoms with E-state index in [1.54, 1.807) is 35.2 Å². The average Bonchev–Trinajstić information content (AvgIpc) is 3.92. The minimum absolute atomic E-state index is 0.0668. The highest BCUT2D eigenvalue weighted by Gasteiger charge is 2.49. The summed E-state index contributed by atoms with van der Waals surface area (Å²) in [6.07, 6.45) is 7.58. The summed E-state index contributed by atoms with van der Waals surface area (Å²) in [5, 5.41) is 5.39. The van der Waals surface area contributed by atoms with E-state index in [0.717, 1.165) is 74.4 Å². The Morgan fingerprint density at radius 1 is 0.922 bits per heavy atom. The van der Waals surface area contributed by atoms with Crippen LogP contribution in [0.4, 0.5) is 37.6 Å². The fraction of sp³-hybridized carbons (Fsp3) is 0.511. The van der Waals surface area contributed by atoms with Gasteiger partial charge in [0.1, 0.15) is 17.5 Å². The molecule has 5 aliphatic heterocycles. The number of fused-ring (bicyclic) bond motifs is 2. The number of imide groups is 2. The topological polar surface area (TPSA) is 181 Å². The van der Waals surface area contributed by atoms with Gasteiger partial charge >= 0.3 is 5.92 Å². The highest BCUT2D eigenvalue weighted by Crippen LogP contribution is 2.41. The van der Waals surface area contributed by atoms with Crippen molar-refractivity contribution >= 4 is 64.3 Å². The van der Waals surface area contributed by atoms with Crippen LogP contribution in [0.25, 0.3) is 0 Å². The Bertz CT molecular complexity index is 2380. The van der Waals surface area contributed by atoms with Gasteiger partial charge in [-0.2, -0.15) is 13.8 Å². The van der Waals surface area contributed by atoms with Crippen molar-refractivity contribution in [2.45, 2.75) is 75.8 Å². The Hall–Kier alpha value is -6.24. The zero-order valence-corrected chi connectivity index (χ0v) is 36.0. The van der Waals surface area contributed by atoms with Crippen molar-refractivity contribution in [3.05, 3.63) is 59.3 Å². The third kappa shape index (κ3) is 8.09. The lowest BCUT2D eigenvalue weighted by Crippen LogP contribution is -2.54. The first-order valence-corrected chi connectivity index (χ1v) is 22.2. The molecule has 6 aliphatic rings. The summed E-state index contributed by atoms with van der Waals surface area (Å²) in [6.45, 7) is 4.28. The van der Waals surface area contributed by atoms with Crippen LogP contribution in [0, 0.1) is 5.92 Å². The molecule has 3 saturated heterocycles. The number of hydrogen-bond acceptors (Lipinski definition) is 13. The molecule has 17 nitrogen and oxygen atoms in total.